The van der Waals surface area contributed by atoms with Crippen molar-refractivity contribution in [3.05, 3.63) is 0 Å². The van der Waals surface area contributed by atoms with Crippen LogP contribution in [0.1, 0.15) is 112 Å². The topological polar surface area (TPSA) is 74.6 Å². The molecular formula is C23H44O4. The number of unbranched alkanes of at least 4 members (excludes halogenated alkanes) is 7. The minimum atomic E-state index is -0.697. The Hall–Kier alpha value is -1.06. The summed E-state index contributed by atoms with van der Waals surface area (Å²) >= 11 is 0. The van der Waals surface area contributed by atoms with Gasteiger partial charge in [0.1, 0.15) is 0 Å². The third kappa shape index (κ3) is 12.1. The normalized spacial score (nSPS) is 15.1. The summed E-state index contributed by atoms with van der Waals surface area (Å²) in [7, 11) is 0. The molecule has 0 aliphatic carbocycles. The molecule has 2 atom stereocenters. The molecule has 0 radical (unpaired) electrons. The first-order valence-corrected chi connectivity index (χ1v) is 11.0. The van der Waals surface area contributed by atoms with Gasteiger partial charge in [0.05, 0.1) is 5.41 Å². The van der Waals surface area contributed by atoms with Crippen molar-refractivity contribution in [3.63, 3.8) is 0 Å². The summed E-state index contributed by atoms with van der Waals surface area (Å²) in [6, 6.07) is 0. The van der Waals surface area contributed by atoms with Crippen LogP contribution in [0.15, 0.2) is 0 Å². The summed E-state index contributed by atoms with van der Waals surface area (Å²) in [6.07, 6.45) is 11.8. The second kappa shape index (κ2) is 14.0. The van der Waals surface area contributed by atoms with Gasteiger partial charge in [-0.1, -0.05) is 72.6 Å². The molecule has 0 fully saturated rings. The zero-order chi connectivity index (χ0) is 20.9. The maximum absolute atomic E-state index is 12.0. The van der Waals surface area contributed by atoms with E-state index in [-0.39, 0.29) is 12.3 Å². The van der Waals surface area contributed by atoms with Gasteiger partial charge in [0, 0.05) is 6.42 Å². The van der Waals surface area contributed by atoms with Gasteiger partial charge in [-0.25, -0.2) is 0 Å². The number of carboxylic acid groups (broad SMARTS) is 2. The summed E-state index contributed by atoms with van der Waals surface area (Å²) in [6.45, 7) is 10.6. The van der Waals surface area contributed by atoms with E-state index in [9.17, 15) is 14.7 Å². The molecule has 2 unspecified atom stereocenters. The molecule has 0 bridgehead atoms. The van der Waals surface area contributed by atoms with Crippen molar-refractivity contribution in [2.45, 2.75) is 112 Å². The van der Waals surface area contributed by atoms with E-state index in [0.717, 1.165) is 44.9 Å². The molecule has 0 aromatic carbocycles. The molecule has 27 heavy (non-hydrogen) atoms. The third-order valence-corrected chi connectivity index (χ3v) is 5.67. The SMILES string of the molecule is CC(C)CC(CCCCCCCCCCC(=O)O)C(C)(CC(C)C)C(=O)O. The number of hydrogen-bond acceptors (Lipinski definition) is 2. The zero-order valence-corrected chi connectivity index (χ0v) is 18.4. The van der Waals surface area contributed by atoms with Crippen molar-refractivity contribution in [1.82, 2.24) is 0 Å². The minimum absolute atomic E-state index is 0.244. The fourth-order valence-electron chi connectivity index (χ4n) is 4.27. The number of rotatable bonds is 17. The second-order valence-corrected chi connectivity index (χ2v) is 9.41. The van der Waals surface area contributed by atoms with Crippen LogP contribution in [0.2, 0.25) is 0 Å². The van der Waals surface area contributed by atoms with Crippen molar-refractivity contribution < 1.29 is 19.8 Å². The van der Waals surface area contributed by atoms with E-state index in [0.29, 0.717) is 11.8 Å². The molecule has 0 aliphatic heterocycles. The lowest BCUT2D eigenvalue weighted by atomic mass is 9.67. The first-order valence-electron chi connectivity index (χ1n) is 11.0. The average molecular weight is 385 g/mol. The molecular weight excluding hydrogens is 340 g/mol. The molecule has 0 aromatic rings. The Labute approximate surface area is 167 Å². The Kier molecular flexibility index (Phi) is 13.5. The lowest BCUT2D eigenvalue weighted by Crippen LogP contribution is -2.38. The molecule has 2 N–H and O–H groups in total. The summed E-state index contributed by atoms with van der Waals surface area (Å²) in [5.41, 5.74) is -0.622. The number of hydrogen-bond donors (Lipinski definition) is 2. The van der Waals surface area contributed by atoms with E-state index in [1.807, 2.05) is 6.92 Å². The molecule has 0 heterocycles. The highest BCUT2D eigenvalue weighted by atomic mass is 16.4. The predicted octanol–water partition coefficient (Wildman–Crippen LogP) is 6.77. The molecule has 0 saturated carbocycles. The van der Waals surface area contributed by atoms with Gasteiger partial charge in [0.15, 0.2) is 0 Å². The van der Waals surface area contributed by atoms with Crippen molar-refractivity contribution >= 4 is 11.9 Å². The standard InChI is InChI=1S/C23H44O4/c1-18(2)16-20(23(5,22(26)27)17-19(3)4)14-12-10-8-6-7-9-11-13-15-21(24)25/h18-20H,6-17H2,1-5H3,(H,24,25)(H,26,27). The van der Waals surface area contributed by atoms with Crippen molar-refractivity contribution in [2.75, 3.05) is 0 Å². The quantitative estimate of drug-likeness (QED) is 0.271. The van der Waals surface area contributed by atoms with Crippen LogP contribution in [0.5, 0.6) is 0 Å². The van der Waals surface area contributed by atoms with E-state index < -0.39 is 17.4 Å². The molecule has 160 valence electrons. The Morgan fingerprint density at radius 1 is 0.778 bits per heavy atom. The van der Waals surface area contributed by atoms with Crippen LogP contribution in [0.3, 0.4) is 0 Å². The maximum atomic E-state index is 12.0. The fraction of sp³-hybridized carbons (Fsp3) is 0.913. The Bertz CT molecular complexity index is 417. The van der Waals surface area contributed by atoms with E-state index in [1.165, 1.54) is 25.7 Å². The fourth-order valence-corrected chi connectivity index (χ4v) is 4.27. The maximum Gasteiger partial charge on any atom is 0.309 e. The summed E-state index contributed by atoms with van der Waals surface area (Å²) in [5.74, 6) is -0.179. The molecule has 4 heteroatoms. The van der Waals surface area contributed by atoms with Gasteiger partial charge < -0.3 is 10.2 Å². The molecule has 0 rings (SSSR count). The molecule has 0 aromatic heterocycles. The highest BCUT2D eigenvalue weighted by Gasteiger charge is 2.41. The Morgan fingerprint density at radius 3 is 1.67 bits per heavy atom. The zero-order valence-electron chi connectivity index (χ0n) is 18.4. The lowest BCUT2D eigenvalue weighted by molar-refractivity contribution is -0.153. The summed E-state index contributed by atoms with van der Waals surface area (Å²) in [5, 5.41) is 18.5. The summed E-state index contributed by atoms with van der Waals surface area (Å²) in [4.78, 5) is 22.5. The molecule has 0 saturated heterocycles. The summed E-state index contributed by atoms with van der Waals surface area (Å²) < 4.78 is 0. The largest absolute Gasteiger partial charge is 0.481 e. The van der Waals surface area contributed by atoms with Gasteiger partial charge in [-0.05, 0) is 50.4 Å². The van der Waals surface area contributed by atoms with Crippen LogP contribution in [0, 0.1) is 23.2 Å². The number of carbonyl (C=O) groups is 2. The smallest absolute Gasteiger partial charge is 0.309 e. The highest BCUT2D eigenvalue weighted by molar-refractivity contribution is 5.74. The van der Waals surface area contributed by atoms with E-state index in [2.05, 4.69) is 27.7 Å². The molecule has 4 nitrogen and oxygen atoms in total. The van der Waals surface area contributed by atoms with E-state index in [1.54, 1.807) is 0 Å². The average Bonchev–Trinajstić information content (AvgIpc) is 2.53. The minimum Gasteiger partial charge on any atom is -0.481 e. The van der Waals surface area contributed by atoms with Crippen LogP contribution in [-0.2, 0) is 9.59 Å². The van der Waals surface area contributed by atoms with Gasteiger partial charge in [-0.3, -0.25) is 9.59 Å². The van der Waals surface area contributed by atoms with Crippen LogP contribution in [0.4, 0.5) is 0 Å². The van der Waals surface area contributed by atoms with Gasteiger partial charge in [-0.15, -0.1) is 0 Å². The Balaban J connectivity index is 4.24. The molecule has 0 amide bonds. The third-order valence-electron chi connectivity index (χ3n) is 5.67. The van der Waals surface area contributed by atoms with Crippen LogP contribution in [-0.4, -0.2) is 22.2 Å². The molecule has 0 aliphatic rings. The van der Waals surface area contributed by atoms with Gasteiger partial charge in [-0.2, -0.15) is 0 Å². The van der Waals surface area contributed by atoms with Crippen molar-refractivity contribution in [2.24, 2.45) is 23.2 Å². The van der Waals surface area contributed by atoms with Gasteiger partial charge in [0.2, 0.25) is 0 Å². The highest BCUT2D eigenvalue weighted by Crippen LogP contribution is 2.41. The van der Waals surface area contributed by atoms with E-state index >= 15 is 0 Å². The predicted molar refractivity (Wildman–Crippen MR) is 112 cm³/mol. The first-order chi connectivity index (χ1) is 12.6. The van der Waals surface area contributed by atoms with Crippen molar-refractivity contribution in [1.29, 1.82) is 0 Å². The first kappa shape index (κ1) is 25.9. The van der Waals surface area contributed by atoms with Gasteiger partial charge in [0.25, 0.3) is 0 Å². The Morgan fingerprint density at radius 2 is 1.26 bits per heavy atom. The van der Waals surface area contributed by atoms with E-state index in [4.69, 9.17) is 5.11 Å². The van der Waals surface area contributed by atoms with Crippen LogP contribution in [0.25, 0.3) is 0 Å². The number of carboxylic acids is 2. The monoisotopic (exact) mass is 384 g/mol. The van der Waals surface area contributed by atoms with Crippen LogP contribution < -0.4 is 0 Å². The van der Waals surface area contributed by atoms with Crippen LogP contribution >= 0.6 is 0 Å². The number of aliphatic carboxylic acids is 2. The lowest BCUT2D eigenvalue weighted by Gasteiger charge is -2.36. The van der Waals surface area contributed by atoms with Gasteiger partial charge >= 0.3 is 11.9 Å². The van der Waals surface area contributed by atoms with Crippen molar-refractivity contribution in [3.8, 4) is 0 Å². The molecule has 0 spiro atoms. The second-order valence-electron chi connectivity index (χ2n) is 9.41.